The van der Waals surface area contributed by atoms with Crippen LogP contribution in [-0.4, -0.2) is 75.6 Å². The number of phosphoric acid groups is 1. The number of carbonyl (C=O) groups excluding carboxylic acids is 1. The lowest BCUT2D eigenvalue weighted by molar-refractivity contribution is -0.870. The molecule has 8 nitrogen and oxygen atoms in total. The molecule has 1 N–H and O–H groups in total. The number of quaternary nitrogens is 1. The Morgan fingerprint density at radius 3 is 1.76 bits per heavy atom. The molecule has 0 fully saturated rings. The fraction of sp³-hybridized carbons (Fsp3) is 0.861. The summed E-state index contributed by atoms with van der Waals surface area (Å²) in [5.41, 5.74) is 0. The van der Waals surface area contributed by atoms with Crippen LogP contribution in [0.25, 0.3) is 0 Å². The van der Waals surface area contributed by atoms with Crippen LogP contribution in [0.1, 0.15) is 142 Å². The molecular weight excluding hydrogens is 589 g/mol. The van der Waals surface area contributed by atoms with E-state index in [9.17, 15) is 14.3 Å². The third kappa shape index (κ3) is 34.1. The summed E-state index contributed by atoms with van der Waals surface area (Å²) >= 11 is 0. The summed E-state index contributed by atoms with van der Waals surface area (Å²) in [4.78, 5) is 22.0. The summed E-state index contributed by atoms with van der Waals surface area (Å²) in [5, 5.41) is 0. The molecule has 0 rings (SSSR count). The standard InChI is InChI=1S/C36H70NO7P/c1-6-8-9-10-11-12-13-14-15-16-17-18-19-20-21-22-23-24-25-26-27-28-31-41-33-35(44-36(38)29-7-2)34-43-45(39,40)42-32-30-37(3,4)5/h13-14,16-17,35H,6-12,15,18-34H2,1-5H3/p+1/b14-13-,17-16-. The lowest BCUT2D eigenvalue weighted by atomic mass is 10.1. The second-order valence-electron chi connectivity index (χ2n) is 13.3. The van der Waals surface area contributed by atoms with E-state index in [0.29, 0.717) is 24.1 Å². The first-order valence-electron chi connectivity index (χ1n) is 18.1. The van der Waals surface area contributed by atoms with Gasteiger partial charge in [0.2, 0.25) is 0 Å². The molecule has 45 heavy (non-hydrogen) atoms. The molecule has 266 valence electrons. The van der Waals surface area contributed by atoms with Crippen molar-refractivity contribution >= 4 is 13.8 Å². The highest BCUT2D eigenvalue weighted by Crippen LogP contribution is 2.43. The molecule has 2 atom stereocenters. The van der Waals surface area contributed by atoms with Crippen molar-refractivity contribution in [1.82, 2.24) is 0 Å². The molecule has 0 aromatic heterocycles. The molecule has 0 aliphatic carbocycles. The molecule has 0 heterocycles. The van der Waals surface area contributed by atoms with Crippen LogP contribution in [0, 0.1) is 0 Å². The second-order valence-corrected chi connectivity index (χ2v) is 14.7. The van der Waals surface area contributed by atoms with Gasteiger partial charge in [-0.2, -0.15) is 0 Å². The Balaban J connectivity index is 3.79. The van der Waals surface area contributed by atoms with E-state index in [4.69, 9.17) is 18.5 Å². The van der Waals surface area contributed by atoms with E-state index in [1.165, 1.54) is 96.3 Å². The number of likely N-dealkylation sites (N-methyl/N-ethyl adjacent to an activating group) is 1. The zero-order chi connectivity index (χ0) is 33.5. The van der Waals surface area contributed by atoms with Gasteiger partial charge in [-0.05, 0) is 44.9 Å². The van der Waals surface area contributed by atoms with E-state index in [-0.39, 0.29) is 32.2 Å². The minimum absolute atomic E-state index is 0.0870. The topological polar surface area (TPSA) is 91.3 Å². The fourth-order valence-electron chi connectivity index (χ4n) is 4.68. The van der Waals surface area contributed by atoms with Crippen LogP contribution < -0.4 is 0 Å². The van der Waals surface area contributed by atoms with Gasteiger partial charge in [-0.25, -0.2) is 4.57 Å². The van der Waals surface area contributed by atoms with Crippen LogP contribution in [0.15, 0.2) is 24.3 Å². The molecule has 0 aliphatic rings. The Morgan fingerprint density at radius 2 is 1.22 bits per heavy atom. The molecule has 0 amide bonds. The maximum atomic E-state index is 12.2. The maximum absolute atomic E-state index is 12.2. The first-order chi connectivity index (χ1) is 21.6. The molecule has 0 saturated carbocycles. The van der Waals surface area contributed by atoms with Gasteiger partial charge in [-0.15, -0.1) is 0 Å². The number of phosphoric ester groups is 1. The lowest BCUT2D eigenvalue weighted by Crippen LogP contribution is -2.37. The first-order valence-corrected chi connectivity index (χ1v) is 19.6. The van der Waals surface area contributed by atoms with Gasteiger partial charge in [-0.3, -0.25) is 13.8 Å². The largest absolute Gasteiger partial charge is 0.472 e. The number of ether oxygens (including phenoxy) is 2. The third-order valence-corrected chi connectivity index (χ3v) is 8.47. The molecule has 0 aliphatic heterocycles. The average Bonchev–Trinajstić information content (AvgIpc) is 2.97. The summed E-state index contributed by atoms with van der Waals surface area (Å²) in [5.74, 6) is -0.368. The smallest absolute Gasteiger partial charge is 0.457 e. The number of allylic oxidation sites excluding steroid dienone is 4. The van der Waals surface area contributed by atoms with Gasteiger partial charge in [-0.1, -0.05) is 115 Å². The molecule has 0 aromatic carbocycles. The van der Waals surface area contributed by atoms with Gasteiger partial charge in [0, 0.05) is 13.0 Å². The van der Waals surface area contributed by atoms with Gasteiger partial charge < -0.3 is 18.9 Å². The molecule has 0 radical (unpaired) electrons. The summed E-state index contributed by atoms with van der Waals surface area (Å²) in [6.45, 7) is 5.24. The SMILES string of the molecule is CCCCCCC/C=C\C/C=C\CCCCCCCCCCCCOCC(COP(=O)(O)OCC[N+](C)(C)C)OC(=O)CCC. The molecular formula is C36H71NO7P+. The summed E-state index contributed by atoms with van der Waals surface area (Å²) in [6.07, 6.45) is 32.2. The van der Waals surface area contributed by atoms with E-state index < -0.39 is 13.9 Å². The van der Waals surface area contributed by atoms with Crippen molar-refractivity contribution in [3.05, 3.63) is 24.3 Å². The summed E-state index contributed by atoms with van der Waals surface area (Å²) < 4.78 is 34.1. The van der Waals surface area contributed by atoms with Crippen molar-refractivity contribution in [3.8, 4) is 0 Å². The lowest BCUT2D eigenvalue weighted by Gasteiger charge is -2.24. The molecule has 9 heteroatoms. The monoisotopic (exact) mass is 660 g/mol. The molecule has 0 aromatic rings. The summed E-state index contributed by atoms with van der Waals surface area (Å²) in [7, 11) is 1.66. The number of hydrogen-bond donors (Lipinski definition) is 1. The highest BCUT2D eigenvalue weighted by molar-refractivity contribution is 7.47. The minimum Gasteiger partial charge on any atom is -0.457 e. The van der Waals surface area contributed by atoms with Crippen molar-refractivity contribution in [2.24, 2.45) is 0 Å². The number of rotatable bonds is 33. The number of nitrogens with zero attached hydrogens (tertiary/aromatic N) is 1. The van der Waals surface area contributed by atoms with Gasteiger partial charge in [0.1, 0.15) is 19.3 Å². The van der Waals surface area contributed by atoms with Crippen LogP contribution in [-0.2, 0) is 27.9 Å². The highest BCUT2D eigenvalue weighted by atomic mass is 31.2. The maximum Gasteiger partial charge on any atom is 0.472 e. The Labute approximate surface area is 277 Å². The second kappa shape index (κ2) is 30.3. The van der Waals surface area contributed by atoms with E-state index in [1.54, 1.807) is 0 Å². The van der Waals surface area contributed by atoms with Crippen molar-refractivity contribution in [1.29, 1.82) is 0 Å². The van der Waals surface area contributed by atoms with Gasteiger partial charge in [0.05, 0.1) is 34.4 Å². The van der Waals surface area contributed by atoms with Crippen LogP contribution in [0.5, 0.6) is 0 Å². The van der Waals surface area contributed by atoms with E-state index in [2.05, 4.69) is 31.2 Å². The van der Waals surface area contributed by atoms with E-state index in [1.807, 2.05) is 28.1 Å². The van der Waals surface area contributed by atoms with Crippen LogP contribution in [0.3, 0.4) is 0 Å². The number of carbonyl (C=O) groups is 1. The van der Waals surface area contributed by atoms with Crippen molar-refractivity contribution < 1.29 is 37.3 Å². The zero-order valence-corrected chi connectivity index (χ0v) is 30.7. The summed E-state index contributed by atoms with van der Waals surface area (Å²) in [6, 6.07) is 0. The third-order valence-electron chi connectivity index (χ3n) is 7.49. The Morgan fingerprint density at radius 1 is 0.689 bits per heavy atom. The predicted octanol–water partition coefficient (Wildman–Crippen LogP) is 9.71. The van der Waals surface area contributed by atoms with E-state index >= 15 is 0 Å². The fourth-order valence-corrected chi connectivity index (χ4v) is 5.42. The van der Waals surface area contributed by atoms with Crippen molar-refractivity contribution in [2.45, 2.75) is 148 Å². The van der Waals surface area contributed by atoms with Gasteiger partial charge in [0.25, 0.3) is 0 Å². The van der Waals surface area contributed by atoms with Crippen LogP contribution >= 0.6 is 7.82 Å². The Hall–Kier alpha value is -1.02. The average molecular weight is 661 g/mol. The molecule has 2 unspecified atom stereocenters. The molecule has 0 saturated heterocycles. The quantitative estimate of drug-likeness (QED) is 0.0246. The Bertz CT molecular complexity index is 782. The van der Waals surface area contributed by atoms with Crippen LogP contribution in [0.4, 0.5) is 0 Å². The number of unbranched alkanes of at least 4 members (excludes halogenated alkanes) is 15. The van der Waals surface area contributed by atoms with Crippen molar-refractivity contribution in [2.75, 3.05) is 54.1 Å². The van der Waals surface area contributed by atoms with E-state index in [0.717, 1.165) is 19.3 Å². The zero-order valence-electron chi connectivity index (χ0n) is 29.9. The molecule has 0 spiro atoms. The normalized spacial score (nSPS) is 14.4. The first kappa shape index (κ1) is 44.0. The molecule has 0 bridgehead atoms. The number of hydrogen-bond acceptors (Lipinski definition) is 6. The van der Waals surface area contributed by atoms with Crippen LogP contribution in [0.2, 0.25) is 0 Å². The predicted molar refractivity (Wildman–Crippen MR) is 187 cm³/mol. The minimum atomic E-state index is -4.24. The number of esters is 1. The van der Waals surface area contributed by atoms with Gasteiger partial charge >= 0.3 is 13.8 Å². The highest BCUT2D eigenvalue weighted by Gasteiger charge is 2.26. The Kier molecular flexibility index (Phi) is 29.6. The van der Waals surface area contributed by atoms with Gasteiger partial charge in [0.15, 0.2) is 0 Å². The van der Waals surface area contributed by atoms with Crippen molar-refractivity contribution in [3.63, 3.8) is 0 Å².